The van der Waals surface area contributed by atoms with Crippen LogP contribution in [0.5, 0.6) is 0 Å². The monoisotopic (exact) mass is 331 g/mol. The summed E-state index contributed by atoms with van der Waals surface area (Å²) in [6.07, 6.45) is 0. The van der Waals surface area contributed by atoms with Gasteiger partial charge in [-0.1, -0.05) is 15.9 Å². The van der Waals surface area contributed by atoms with Crippen molar-refractivity contribution in [3.63, 3.8) is 0 Å². The first kappa shape index (κ1) is 13.4. The number of nitrogens with zero attached hydrogens (tertiary/aromatic N) is 1. The lowest BCUT2D eigenvalue weighted by Crippen LogP contribution is -2.31. The molecule has 7 heteroatoms. The van der Waals surface area contributed by atoms with Crippen LogP contribution in [0.25, 0.3) is 0 Å². The zero-order valence-corrected chi connectivity index (χ0v) is 12.1. The number of hydrogen-bond donors (Lipinski definition) is 2. The molecule has 1 aromatic rings. The zero-order chi connectivity index (χ0) is 13.1. The van der Waals surface area contributed by atoms with Crippen LogP contribution in [0.1, 0.15) is 0 Å². The van der Waals surface area contributed by atoms with Crippen LogP contribution in [0.15, 0.2) is 27.6 Å². The second kappa shape index (κ2) is 5.71. The molecule has 1 unspecified atom stereocenters. The summed E-state index contributed by atoms with van der Waals surface area (Å²) in [6.45, 7) is 1.81. The SMILES string of the molecule is Nc1cc(Br)ccc1S(=O)CCN1CCNC1=O. The fourth-order valence-electron chi connectivity index (χ4n) is 1.75. The van der Waals surface area contributed by atoms with Crippen LogP contribution in [0, 0.1) is 0 Å². The minimum absolute atomic E-state index is 0.0872. The number of nitrogen functional groups attached to an aromatic ring is 1. The van der Waals surface area contributed by atoms with Crippen LogP contribution in [-0.4, -0.2) is 40.5 Å². The number of benzene rings is 1. The summed E-state index contributed by atoms with van der Waals surface area (Å²) >= 11 is 3.31. The summed E-state index contributed by atoms with van der Waals surface area (Å²) in [5.74, 6) is 0.402. The third kappa shape index (κ3) is 3.02. The van der Waals surface area contributed by atoms with E-state index in [0.717, 1.165) is 4.47 Å². The molecule has 0 aromatic heterocycles. The van der Waals surface area contributed by atoms with Gasteiger partial charge >= 0.3 is 6.03 Å². The summed E-state index contributed by atoms with van der Waals surface area (Å²) in [5.41, 5.74) is 6.33. The van der Waals surface area contributed by atoms with E-state index in [2.05, 4.69) is 21.2 Å². The Morgan fingerprint density at radius 3 is 2.89 bits per heavy atom. The summed E-state index contributed by atoms with van der Waals surface area (Å²) in [5, 5.41) is 2.71. The number of carbonyl (C=O) groups excluding carboxylic acids is 1. The molecule has 0 saturated carbocycles. The molecule has 2 amide bonds. The van der Waals surface area contributed by atoms with Crippen LogP contribution in [0.2, 0.25) is 0 Å². The van der Waals surface area contributed by atoms with Gasteiger partial charge in [-0.15, -0.1) is 0 Å². The normalized spacial score (nSPS) is 16.7. The lowest BCUT2D eigenvalue weighted by Gasteiger charge is -2.14. The fraction of sp³-hybridized carbons (Fsp3) is 0.364. The molecule has 1 heterocycles. The van der Waals surface area contributed by atoms with Gasteiger partial charge in [0.25, 0.3) is 0 Å². The highest BCUT2D eigenvalue weighted by atomic mass is 79.9. The zero-order valence-electron chi connectivity index (χ0n) is 9.69. The van der Waals surface area contributed by atoms with Gasteiger partial charge in [0.1, 0.15) is 0 Å². The topological polar surface area (TPSA) is 75.4 Å². The summed E-state index contributed by atoms with van der Waals surface area (Å²) in [6, 6.07) is 5.21. The molecular formula is C11H14BrN3O2S. The van der Waals surface area contributed by atoms with Gasteiger partial charge in [0, 0.05) is 35.5 Å². The van der Waals surface area contributed by atoms with E-state index in [4.69, 9.17) is 5.73 Å². The number of nitrogens with one attached hydrogen (secondary N) is 1. The quantitative estimate of drug-likeness (QED) is 0.813. The number of anilines is 1. The first-order chi connectivity index (χ1) is 8.58. The number of nitrogens with two attached hydrogens (primary N) is 1. The highest BCUT2D eigenvalue weighted by Crippen LogP contribution is 2.21. The number of halogens is 1. The number of amides is 2. The Kier molecular flexibility index (Phi) is 4.23. The molecular weight excluding hydrogens is 318 g/mol. The Hall–Kier alpha value is -1.08. The van der Waals surface area contributed by atoms with Gasteiger partial charge in [0.05, 0.1) is 15.7 Å². The van der Waals surface area contributed by atoms with Crippen LogP contribution < -0.4 is 11.1 Å². The Bertz CT molecular complexity index is 495. The van der Waals surface area contributed by atoms with Gasteiger partial charge in [-0.3, -0.25) is 4.21 Å². The third-order valence-electron chi connectivity index (χ3n) is 2.71. The van der Waals surface area contributed by atoms with Gasteiger partial charge < -0.3 is 16.0 Å². The van der Waals surface area contributed by atoms with Crippen LogP contribution >= 0.6 is 15.9 Å². The Balaban J connectivity index is 1.97. The van der Waals surface area contributed by atoms with Crippen LogP contribution in [-0.2, 0) is 10.8 Å². The molecule has 1 atom stereocenters. The molecule has 5 nitrogen and oxygen atoms in total. The van der Waals surface area contributed by atoms with Crippen molar-refractivity contribution in [3.05, 3.63) is 22.7 Å². The minimum atomic E-state index is -1.18. The molecule has 1 saturated heterocycles. The fourth-order valence-corrected chi connectivity index (χ4v) is 3.28. The van der Waals surface area contributed by atoms with Crippen molar-refractivity contribution in [2.75, 3.05) is 31.1 Å². The summed E-state index contributed by atoms with van der Waals surface area (Å²) in [4.78, 5) is 13.6. The largest absolute Gasteiger partial charge is 0.398 e. The minimum Gasteiger partial charge on any atom is -0.398 e. The van der Waals surface area contributed by atoms with Gasteiger partial charge in [-0.25, -0.2) is 4.79 Å². The average molecular weight is 332 g/mol. The van der Waals surface area contributed by atoms with E-state index in [0.29, 0.717) is 36.0 Å². The smallest absolute Gasteiger partial charge is 0.317 e. The van der Waals surface area contributed by atoms with Crippen molar-refractivity contribution in [2.24, 2.45) is 0 Å². The maximum atomic E-state index is 12.1. The van der Waals surface area contributed by atoms with Crippen molar-refractivity contribution in [2.45, 2.75) is 4.90 Å². The number of carbonyl (C=O) groups is 1. The number of hydrogen-bond acceptors (Lipinski definition) is 3. The van der Waals surface area contributed by atoms with Gasteiger partial charge in [-0.05, 0) is 18.2 Å². The van der Waals surface area contributed by atoms with E-state index in [1.54, 1.807) is 17.0 Å². The standard InChI is InChI=1S/C11H14BrN3O2S/c12-8-1-2-10(9(13)7-8)18(17)6-5-15-4-3-14-11(15)16/h1-2,7H,3-6,13H2,(H,14,16). The molecule has 18 heavy (non-hydrogen) atoms. The lowest BCUT2D eigenvalue weighted by atomic mass is 10.3. The van der Waals surface area contributed by atoms with Crippen molar-refractivity contribution in [1.82, 2.24) is 10.2 Å². The lowest BCUT2D eigenvalue weighted by molar-refractivity contribution is 0.220. The highest BCUT2D eigenvalue weighted by Gasteiger charge is 2.20. The molecule has 2 rings (SSSR count). The Morgan fingerprint density at radius 2 is 2.28 bits per heavy atom. The molecule has 0 aliphatic carbocycles. The molecule has 0 bridgehead atoms. The van der Waals surface area contributed by atoms with E-state index in [-0.39, 0.29) is 6.03 Å². The predicted molar refractivity (Wildman–Crippen MR) is 74.8 cm³/mol. The highest BCUT2D eigenvalue weighted by molar-refractivity contribution is 9.10. The Morgan fingerprint density at radius 1 is 1.50 bits per heavy atom. The van der Waals surface area contributed by atoms with E-state index in [1.807, 2.05) is 6.07 Å². The molecule has 0 spiro atoms. The first-order valence-electron chi connectivity index (χ1n) is 5.54. The van der Waals surface area contributed by atoms with Crippen molar-refractivity contribution in [3.8, 4) is 0 Å². The number of rotatable bonds is 4. The number of urea groups is 1. The van der Waals surface area contributed by atoms with Crippen molar-refractivity contribution in [1.29, 1.82) is 0 Å². The van der Waals surface area contributed by atoms with E-state index in [1.165, 1.54) is 0 Å². The molecule has 98 valence electrons. The molecule has 1 aliphatic heterocycles. The third-order valence-corrected chi connectivity index (χ3v) is 4.62. The van der Waals surface area contributed by atoms with E-state index < -0.39 is 10.8 Å². The van der Waals surface area contributed by atoms with Gasteiger partial charge in [0.2, 0.25) is 0 Å². The maximum Gasteiger partial charge on any atom is 0.317 e. The average Bonchev–Trinajstić information content (AvgIpc) is 2.72. The van der Waals surface area contributed by atoms with Crippen molar-refractivity contribution >= 4 is 38.4 Å². The molecule has 0 radical (unpaired) electrons. The summed E-state index contributed by atoms with van der Waals surface area (Å²) in [7, 11) is -1.18. The van der Waals surface area contributed by atoms with Gasteiger partial charge in [0.15, 0.2) is 0 Å². The Labute approximate surface area is 116 Å². The van der Waals surface area contributed by atoms with Crippen LogP contribution in [0.4, 0.5) is 10.5 Å². The first-order valence-corrected chi connectivity index (χ1v) is 7.65. The molecule has 1 fully saturated rings. The van der Waals surface area contributed by atoms with Gasteiger partial charge in [-0.2, -0.15) is 0 Å². The van der Waals surface area contributed by atoms with E-state index in [9.17, 15) is 9.00 Å². The van der Waals surface area contributed by atoms with Crippen molar-refractivity contribution < 1.29 is 9.00 Å². The molecule has 1 aromatic carbocycles. The van der Waals surface area contributed by atoms with Crippen LogP contribution in [0.3, 0.4) is 0 Å². The molecule has 3 N–H and O–H groups in total. The molecule has 1 aliphatic rings. The second-order valence-corrected chi connectivity index (χ2v) is 6.41. The predicted octanol–water partition coefficient (Wildman–Crippen LogP) is 1.16. The second-order valence-electron chi connectivity index (χ2n) is 3.95. The van der Waals surface area contributed by atoms with E-state index >= 15 is 0 Å². The summed E-state index contributed by atoms with van der Waals surface area (Å²) < 4.78 is 13.0. The maximum absolute atomic E-state index is 12.1.